The first-order valence-corrected chi connectivity index (χ1v) is 10.8. The maximum absolute atomic E-state index is 14.2. The van der Waals surface area contributed by atoms with Crippen molar-refractivity contribution in [2.45, 2.75) is 26.7 Å². The van der Waals surface area contributed by atoms with Crippen molar-refractivity contribution in [3.05, 3.63) is 83.2 Å². The summed E-state index contributed by atoms with van der Waals surface area (Å²) in [5.74, 6) is -0.315. The highest BCUT2D eigenvalue weighted by Gasteiger charge is 2.16. The molecule has 0 atom stereocenters. The lowest BCUT2D eigenvalue weighted by atomic mass is 9.92. The maximum Gasteiger partial charge on any atom is 0.258 e. The molecule has 0 radical (unpaired) electrons. The van der Waals surface area contributed by atoms with Gasteiger partial charge in [0.2, 0.25) is 5.82 Å². The predicted molar refractivity (Wildman–Crippen MR) is 126 cm³/mol. The van der Waals surface area contributed by atoms with E-state index in [0.717, 1.165) is 29.5 Å². The van der Waals surface area contributed by atoms with E-state index in [9.17, 15) is 9.18 Å². The molecule has 0 aliphatic heterocycles. The average molecular weight is 445 g/mol. The lowest BCUT2D eigenvalue weighted by molar-refractivity contribution is 0.101. The first kappa shape index (κ1) is 22.6. The van der Waals surface area contributed by atoms with Gasteiger partial charge in [-0.1, -0.05) is 41.6 Å². The van der Waals surface area contributed by atoms with Gasteiger partial charge < -0.3 is 9.26 Å². The van der Waals surface area contributed by atoms with Crippen LogP contribution in [0.3, 0.4) is 0 Å². The van der Waals surface area contributed by atoms with Crippen molar-refractivity contribution in [3.8, 4) is 34.0 Å². The van der Waals surface area contributed by atoms with Gasteiger partial charge in [0, 0.05) is 24.8 Å². The van der Waals surface area contributed by atoms with E-state index in [1.807, 2.05) is 18.2 Å². The summed E-state index contributed by atoms with van der Waals surface area (Å²) in [4.78, 5) is 16.0. The zero-order chi connectivity index (χ0) is 23.4. The fourth-order valence-electron chi connectivity index (χ4n) is 3.88. The van der Waals surface area contributed by atoms with Gasteiger partial charge in [0.1, 0.15) is 5.82 Å². The number of hydrogen-bond acceptors (Lipinski definition) is 5. The van der Waals surface area contributed by atoms with Crippen LogP contribution in [0.5, 0.6) is 0 Å². The number of aryl methyl sites for hydroxylation is 2. The van der Waals surface area contributed by atoms with Gasteiger partial charge >= 0.3 is 0 Å². The highest BCUT2D eigenvalue weighted by molar-refractivity contribution is 5.94. The van der Waals surface area contributed by atoms with E-state index in [2.05, 4.69) is 41.3 Å². The molecule has 0 unspecified atom stereocenters. The van der Waals surface area contributed by atoms with Gasteiger partial charge in [-0.15, -0.1) is 0 Å². The van der Waals surface area contributed by atoms with E-state index in [0.29, 0.717) is 18.1 Å². The number of halogens is 1. The SMILES string of the molecule is COCCCc1cc(-c2nc(-c3ccc(C(C)=O)c(F)c3)no2)ccc1-c1ccccc1C. The standard InChI is InChI=1S/C27H25FN2O3/c1-17-7-4-5-9-22(17)24-13-11-21(15-19(24)8-6-14-32-3)27-29-26(30-33-27)20-10-12-23(18(2)31)25(28)16-20/h4-5,7,9-13,15-16H,6,8,14H2,1-3H3. The van der Waals surface area contributed by atoms with Gasteiger partial charge in [0.25, 0.3) is 5.89 Å². The van der Waals surface area contributed by atoms with Crippen molar-refractivity contribution in [2.24, 2.45) is 0 Å². The molecular formula is C27H25FN2O3. The van der Waals surface area contributed by atoms with Crippen LogP contribution in [-0.4, -0.2) is 29.6 Å². The lowest BCUT2D eigenvalue weighted by Gasteiger charge is -2.13. The Morgan fingerprint density at radius 3 is 2.55 bits per heavy atom. The number of aromatic nitrogens is 2. The number of carbonyl (C=O) groups excluding carboxylic acids is 1. The van der Waals surface area contributed by atoms with E-state index >= 15 is 0 Å². The molecule has 4 aromatic rings. The first-order valence-electron chi connectivity index (χ1n) is 10.8. The molecule has 0 fully saturated rings. The van der Waals surface area contributed by atoms with Gasteiger partial charge in [-0.25, -0.2) is 4.39 Å². The molecule has 0 N–H and O–H groups in total. The monoisotopic (exact) mass is 444 g/mol. The Balaban J connectivity index is 1.69. The molecule has 168 valence electrons. The molecule has 0 aliphatic carbocycles. The zero-order valence-corrected chi connectivity index (χ0v) is 18.9. The van der Waals surface area contributed by atoms with Crippen LogP contribution in [0.25, 0.3) is 34.0 Å². The molecule has 5 nitrogen and oxygen atoms in total. The number of methoxy groups -OCH3 is 1. The van der Waals surface area contributed by atoms with Crippen molar-refractivity contribution in [1.29, 1.82) is 0 Å². The molecule has 3 aromatic carbocycles. The molecule has 1 aromatic heterocycles. The third kappa shape index (κ3) is 4.91. The smallest absolute Gasteiger partial charge is 0.258 e. The largest absolute Gasteiger partial charge is 0.385 e. The summed E-state index contributed by atoms with van der Waals surface area (Å²) in [5.41, 5.74) is 5.99. The maximum atomic E-state index is 14.2. The molecule has 0 bridgehead atoms. The van der Waals surface area contributed by atoms with Crippen molar-refractivity contribution >= 4 is 5.78 Å². The second-order valence-corrected chi connectivity index (χ2v) is 7.96. The Labute approximate surface area is 192 Å². The summed E-state index contributed by atoms with van der Waals surface area (Å²) in [6.45, 7) is 4.10. The first-order chi connectivity index (χ1) is 16.0. The van der Waals surface area contributed by atoms with Gasteiger partial charge in [0.15, 0.2) is 5.78 Å². The zero-order valence-electron chi connectivity index (χ0n) is 18.9. The quantitative estimate of drug-likeness (QED) is 0.236. The van der Waals surface area contributed by atoms with Crippen LogP contribution >= 0.6 is 0 Å². The summed E-state index contributed by atoms with van der Waals surface area (Å²) in [7, 11) is 1.70. The second-order valence-electron chi connectivity index (χ2n) is 7.96. The second kappa shape index (κ2) is 9.88. The molecule has 4 rings (SSSR count). The minimum Gasteiger partial charge on any atom is -0.385 e. The van der Waals surface area contributed by atoms with Crippen LogP contribution in [-0.2, 0) is 11.2 Å². The van der Waals surface area contributed by atoms with Gasteiger partial charge in [0.05, 0.1) is 5.56 Å². The number of hydrogen-bond donors (Lipinski definition) is 0. The Hall–Kier alpha value is -3.64. The summed E-state index contributed by atoms with van der Waals surface area (Å²) in [6.07, 6.45) is 1.72. The average Bonchev–Trinajstić information content (AvgIpc) is 3.30. The molecule has 0 amide bonds. The summed E-state index contributed by atoms with van der Waals surface area (Å²) in [5, 5.41) is 4.02. The third-order valence-electron chi connectivity index (χ3n) is 5.61. The van der Waals surface area contributed by atoms with E-state index in [1.165, 1.54) is 30.2 Å². The number of benzene rings is 3. The molecule has 6 heteroatoms. The van der Waals surface area contributed by atoms with Gasteiger partial charge in [-0.3, -0.25) is 4.79 Å². The molecule has 0 saturated carbocycles. The van der Waals surface area contributed by atoms with Crippen LogP contribution in [0.2, 0.25) is 0 Å². The fraction of sp³-hybridized carbons (Fsp3) is 0.222. The van der Waals surface area contributed by atoms with E-state index in [1.54, 1.807) is 13.2 Å². The van der Waals surface area contributed by atoms with E-state index < -0.39 is 5.82 Å². The van der Waals surface area contributed by atoms with Crippen molar-refractivity contribution in [1.82, 2.24) is 10.1 Å². The third-order valence-corrected chi connectivity index (χ3v) is 5.61. The molecule has 33 heavy (non-hydrogen) atoms. The minimum atomic E-state index is -0.602. The van der Waals surface area contributed by atoms with Gasteiger partial charge in [-0.05, 0) is 73.2 Å². The Morgan fingerprint density at radius 1 is 1.03 bits per heavy atom. The van der Waals surface area contributed by atoms with Crippen molar-refractivity contribution < 1.29 is 18.4 Å². The predicted octanol–water partition coefficient (Wildman–Crippen LogP) is 6.30. The summed E-state index contributed by atoms with van der Waals surface area (Å²) in [6, 6.07) is 18.7. The van der Waals surface area contributed by atoms with Crippen LogP contribution in [0.15, 0.2) is 65.2 Å². The molecule has 0 spiro atoms. The molecular weight excluding hydrogens is 419 g/mol. The number of carbonyl (C=O) groups is 1. The van der Waals surface area contributed by atoms with Crippen molar-refractivity contribution in [3.63, 3.8) is 0 Å². The summed E-state index contributed by atoms with van der Waals surface area (Å²) >= 11 is 0. The van der Waals surface area contributed by atoms with Crippen LogP contribution in [0.1, 0.15) is 34.8 Å². The normalized spacial score (nSPS) is 11.0. The topological polar surface area (TPSA) is 65.2 Å². The highest BCUT2D eigenvalue weighted by atomic mass is 19.1. The van der Waals surface area contributed by atoms with Crippen molar-refractivity contribution in [2.75, 3.05) is 13.7 Å². The van der Waals surface area contributed by atoms with Crippen LogP contribution in [0, 0.1) is 12.7 Å². The van der Waals surface area contributed by atoms with E-state index in [-0.39, 0.29) is 17.2 Å². The number of nitrogens with zero attached hydrogens (tertiary/aromatic N) is 2. The number of ether oxygens (including phenoxy) is 1. The Kier molecular flexibility index (Phi) is 6.75. The van der Waals surface area contributed by atoms with Crippen LogP contribution in [0.4, 0.5) is 4.39 Å². The number of ketones is 1. The number of rotatable bonds is 8. The lowest BCUT2D eigenvalue weighted by Crippen LogP contribution is -1.97. The Bertz CT molecular complexity index is 1300. The minimum absolute atomic E-state index is 0.0370. The molecule has 0 saturated heterocycles. The van der Waals surface area contributed by atoms with Crippen LogP contribution < -0.4 is 0 Å². The van der Waals surface area contributed by atoms with E-state index in [4.69, 9.17) is 9.26 Å². The molecule has 1 heterocycles. The fourth-order valence-corrected chi connectivity index (χ4v) is 3.88. The summed E-state index contributed by atoms with van der Waals surface area (Å²) < 4.78 is 25.0. The van der Waals surface area contributed by atoms with Gasteiger partial charge in [-0.2, -0.15) is 4.98 Å². The highest BCUT2D eigenvalue weighted by Crippen LogP contribution is 2.32. The number of Topliss-reactive ketones (excluding diaryl/α,β-unsaturated/α-hetero) is 1. The Morgan fingerprint density at radius 2 is 1.82 bits per heavy atom. The molecule has 0 aliphatic rings.